The summed E-state index contributed by atoms with van der Waals surface area (Å²) in [5, 5.41) is 2.63. The van der Waals surface area contributed by atoms with Gasteiger partial charge in [0.15, 0.2) is 0 Å². The second kappa shape index (κ2) is 6.79. The third-order valence-corrected chi connectivity index (χ3v) is 4.29. The number of carbonyl (C=O) groups is 1. The van der Waals surface area contributed by atoms with E-state index in [4.69, 9.17) is 0 Å². The van der Waals surface area contributed by atoms with E-state index >= 15 is 0 Å². The maximum absolute atomic E-state index is 13.2. The number of halogens is 3. The van der Waals surface area contributed by atoms with Gasteiger partial charge in [-0.2, -0.15) is 13.2 Å². The van der Waals surface area contributed by atoms with Crippen LogP contribution in [0.3, 0.4) is 0 Å². The largest absolute Gasteiger partial charge is 0.449 e. The van der Waals surface area contributed by atoms with Crippen LogP contribution in [0.1, 0.15) is 5.82 Å². The molecule has 8 heteroatoms. The van der Waals surface area contributed by atoms with E-state index in [9.17, 15) is 18.0 Å². The predicted molar refractivity (Wildman–Crippen MR) is 91.6 cm³/mol. The molecule has 2 aromatic carbocycles. The summed E-state index contributed by atoms with van der Waals surface area (Å²) in [6.07, 6.45) is -2.74. The van der Waals surface area contributed by atoms with Crippen molar-refractivity contribution in [3.05, 3.63) is 54.4 Å². The number of carbonyl (C=O) groups excluding carboxylic acids is 1. The van der Waals surface area contributed by atoms with Crippen LogP contribution in [0.4, 0.5) is 18.9 Å². The van der Waals surface area contributed by atoms with Crippen molar-refractivity contribution in [2.24, 2.45) is 0 Å². The second-order valence-electron chi connectivity index (χ2n) is 5.29. The Balaban J connectivity index is 1.90. The van der Waals surface area contributed by atoms with Gasteiger partial charge in [-0.05, 0) is 36.6 Å². The first-order valence-electron chi connectivity index (χ1n) is 7.35. The average molecular weight is 365 g/mol. The Morgan fingerprint density at radius 2 is 1.96 bits per heavy atom. The van der Waals surface area contributed by atoms with Crippen molar-refractivity contribution in [1.82, 2.24) is 9.55 Å². The second-order valence-corrected chi connectivity index (χ2v) is 6.17. The zero-order valence-electron chi connectivity index (χ0n) is 13.2. The van der Waals surface area contributed by atoms with E-state index < -0.39 is 24.5 Å². The molecule has 3 aromatic rings. The molecule has 1 N–H and O–H groups in total. The molecule has 0 atom stereocenters. The van der Waals surface area contributed by atoms with Gasteiger partial charge in [0.05, 0.1) is 11.0 Å². The number of imidazole rings is 1. The van der Waals surface area contributed by atoms with Crippen molar-refractivity contribution in [3.63, 3.8) is 0 Å². The molecular weight excluding hydrogens is 351 g/mol. The Hall–Kier alpha value is -2.48. The first kappa shape index (κ1) is 17.3. The van der Waals surface area contributed by atoms with Crippen LogP contribution < -0.4 is 5.32 Å². The molecule has 1 amide bonds. The van der Waals surface area contributed by atoms with E-state index in [-0.39, 0.29) is 11.0 Å². The van der Waals surface area contributed by atoms with Crippen LogP contribution in [0, 0.1) is 0 Å². The number of benzene rings is 2. The number of hydrogen-bond donors (Lipinski definition) is 1. The number of para-hydroxylation sites is 2. The molecule has 0 fully saturated rings. The molecule has 0 unspecified atom stereocenters. The summed E-state index contributed by atoms with van der Waals surface area (Å²) in [5.74, 6) is -1.63. The standard InChI is InChI=1S/C17H14F3N3OS/c1-25-12-6-4-5-11(9-12)21-15(24)10-23-14-8-3-2-7-13(14)22-16(23)17(18,19)20/h2-9H,10H2,1H3,(H,21,24). The first-order chi connectivity index (χ1) is 11.9. The SMILES string of the molecule is CSc1cccc(NC(=O)Cn2c(C(F)(F)F)nc3ccccc32)c1. The van der Waals surface area contributed by atoms with Gasteiger partial charge in [-0.25, -0.2) is 4.98 Å². The molecule has 0 aliphatic heterocycles. The van der Waals surface area contributed by atoms with Crippen LogP contribution in [-0.4, -0.2) is 21.7 Å². The van der Waals surface area contributed by atoms with Crippen molar-refractivity contribution < 1.29 is 18.0 Å². The zero-order valence-corrected chi connectivity index (χ0v) is 14.0. The third kappa shape index (κ3) is 3.79. The highest BCUT2D eigenvalue weighted by atomic mass is 32.2. The molecule has 0 radical (unpaired) electrons. The Labute approximate surface area is 146 Å². The number of rotatable bonds is 4. The molecule has 1 aromatic heterocycles. The summed E-state index contributed by atoms with van der Waals surface area (Å²) in [7, 11) is 0. The minimum absolute atomic E-state index is 0.201. The highest BCUT2D eigenvalue weighted by molar-refractivity contribution is 7.98. The van der Waals surface area contributed by atoms with Crippen LogP contribution in [0.15, 0.2) is 53.4 Å². The Morgan fingerprint density at radius 1 is 1.20 bits per heavy atom. The highest BCUT2D eigenvalue weighted by Crippen LogP contribution is 2.31. The minimum Gasteiger partial charge on any atom is -0.324 e. The molecule has 0 spiro atoms. The van der Waals surface area contributed by atoms with E-state index in [2.05, 4.69) is 10.3 Å². The van der Waals surface area contributed by atoms with Crippen molar-refractivity contribution in [3.8, 4) is 0 Å². The normalized spacial score (nSPS) is 11.7. The van der Waals surface area contributed by atoms with Gasteiger partial charge < -0.3 is 9.88 Å². The molecule has 25 heavy (non-hydrogen) atoms. The summed E-state index contributed by atoms with van der Waals surface area (Å²) in [5.41, 5.74) is 1.00. The predicted octanol–water partition coefficient (Wildman–Crippen LogP) is 4.42. The Kier molecular flexibility index (Phi) is 4.71. The topological polar surface area (TPSA) is 46.9 Å². The van der Waals surface area contributed by atoms with Gasteiger partial charge in [-0.1, -0.05) is 18.2 Å². The third-order valence-electron chi connectivity index (χ3n) is 3.56. The van der Waals surface area contributed by atoms with Gasteiger partial charge in [-0.3, -0.25) is 4.79 Å². The van der Waals surface area contributed by atoms with Gasteiger partial charge in [0.1, 0.15) is 6.54 Å². The zero-order chi connectivity index (χ0) is 18.0. The smallest absolute Gasteiger partial charge is 0.324 e. The van der Waals surface area contributed by atoms with E-state index in [1.54, 1.807) is 30.3 Å². The number of thioether (sulfide) groups is 1. The maximum Gasteiger partial charge on any atom is 0.449 e. The first-order valence-corrected chi connectivity index (χ1v) is 8.57. The van der Waals surface area contributed by atoms with Crippen LogP contribution in [-0.2, 0) is 17.5 Å². The molecule has 130 valence electrons. The number of anilines is 1. The fourth-order valence-electron chi connectivity index (χ4n) is 2.50. The number of fused-ring (bicyclic) bond motifs is 1. The molecule has 4 nitrogen and oxygen atoms in total. The molecule has 0 saturated heterocycles. The summed E-state index contributed by atoms with van der Waals surface area (Å²) in [6.45, 7) is -0.473. The number of hydrogen-bond acceptors (Lipinski definition) is 3. The minimum atomic E-state index is -4.64. The Bertz CT molecular complexity index is 921. The molecule has 1 heterocycles. The summed E-state index contributed by atoms with van der Waals surface area (Å²) < 4.78 is 40.6. The summed E-state index contributed by atoms with van der Waals surface area (Å²) in [6, 6.07) is 13.3. The lowest BCUT2D eigenvalue weighted by Crippen LogP contribution is -2.23. The van der Waals surface area contributed by atoms with E-state index in [1.165, 1.54) is 23.9 Å². The fourth-order valence-corrected chi connectivity index (χ4v) is 2.96. The Morgan fingerprint density at radius 3 is 2.68 bits per heavy atom. The van der Waals surface area contributed by atoms with Gasteiger partial charge in [-0.15, -0.1) is 11.8 Å². The molecular formula is C17H14F3N3OS. The lowest BCUT2D eigenvalue weighted by atomic mass is 10.3. The van der Waals surface area contributed by atoms with Crippen LogP contribution in [0.5, 0.6) is 0 Å². The summed E-state index contributed by atoms with van der Waals surface area (Å²) in [4.78, 5) is 16.8. The number of aromatic nitrogens is 2. The van der Waals surface area contributed by atoms with E-state index in [1.807, 2.05) is 12.3 Å². The molecule has 0 aliphatic carbocycles. The van der Waals surface area contributed by atoms with Gasteiger partial charge in [0.25, 0.3) is 0 Å². The van der Waals surface area contributed by atoms with E-state index in [0.717, 1.165) is 9.46 Å². The quantitative estimate of drug-likeness (QED) is 0.697. The van der Waals surface area contributed by atoms with Crippen molar-refractivity contribution >= 4 is 34.4 Å². The molecule has 0 aliphatic rings. The highest BCUT2D eigenvalue weighted by Gasteiger charge is 2.37. The lowest BCUT2D eigenvalue weighted by molar-refractivity contribution is -0.147. The van der Waals surface area contributed by atoms with Crippen LogP contribution >= 0.6 is 11.8 Å². The van der Waals surface area contributed by atoms with E-state index in [0.29, 0.717) is 5.69 Å². The van der Waals surface area contributed by atoms with Gasteiger partial charge in [0, 0.05) is 10.6 Å². The molecule has 0 bridgehead atoms. The fraction of sp³-hybridized carbons (Fsp3) is 0.176. The van der Waals surface area contributed by atoms with Crippen LogP contribution in [0.2, 0.25) is 0 Å². The number of nitrogens with zero attached hydrogens (tertiary/aromatic N) is 2. The maximum atomic E-state index is 13.2. The number of nitrogens with one attached hydrogen (secondary N) is 1. The van der Waals surface area contributed by atoms with Crippen molar-refractivity contribution in [2.75, 3.05) is 11.6 Å². The van der Waals surface area contributed by atoms with Crippen LogP contribution in [0.25, 0.3) is 11.0 Å². The average Bonchev–Trinajstić information content (AvgIpc) is 2.94. The number of alkyl halides is 3. The molecule has 0 saturated carbocycles. The van der Waals surface area contributed by atoms with Crippen molar-refractivity contribution in [2.45, 2.75) is 17.6 Å². The van der Waals surface area contributed by atoms with Gasteiger partial charge >= 0.3 is 6.18 Å². The molecule has 3 rings (SSSR count). The monoisotopic (exact) mass is 365 g/mol. The lowest BCUT2D eigenvalue weighted by Gasteiger charge is -2.12. The van der Waals surface area contributed by atoms with Crippen molar-refractivity contribution in [1.29, 1.82) is 0 Å². The van der Waals surface area contributed by atoms with Gasteiger partial charge in [0.2, 0.25) is 11.7 Å². The number of amides is 1. The summed E-state index contributed by atoms with van der Waals surface area (Å²) >= 11 is 1.51.